The number of carboxylic acid groups (broad SMARTS) is 1. The van der Waals surface area contributed by atoms with E-state index in [1.165, 1.54) is 0 Å². The number of aliphatic hydroxyl groups is 1. The molecular formula is C24H29NO5. The summed E-state index contributed by atoms with van der Waals surface area (Å²) in [6.07, 6.45) is 0.712. The molecule has 1 aliphatic rings. The lowest BCUT2D eigenvalue weighted by atomic mass is 10.0. The van der Waals surface area contributed by atoms with Gasteiger partial charge in [-0.2, -0.15) is 0 Å². The number of carbonyl (C=O) groups excluding carboxylic acids is 1. The first kappa shape index (κ1) is 21.8. The highest BCUT2D eigenvalue weighted by Gasteiger charge is 2.42. The molecule has 0 bridgehead atoms. The summed E-state index contributed by atoms with van der Waals surface area (Å²) in [5, 5.41) is 20.1. The Morgan fingerprint density at radius 2 is 1.70 bits per heavy atom. The van der Waals surface area contributed by atoms with Gasteiger partial charge in [0.2, 0.25) is 0 Å². The van der Waals surface area contributed by atoms with Crippen molar-refractivity contribution in [3.05, 3.63) is 71.3 Å². The van der Waals surface area contributed by atoms with E-state index in [2.05, 4.69) is 0 Å². The summed E-state index contributed by atoms with van der Waals surface area (Å²) in [7, 11) is 0. The number of benzene rings is 2. The Balaban J connectivity index is 1.84. The highest BCUT2D eigenvalue weighted by molar-refractivity contribution is 5.87. The molecule has 0 radical (unpaired) electrons. The molecule has 6 nitrogen and oxygen atoms in total. The zero-order valence-electron chi connectivity index (χ0n) is 17.6. The van der Waals surface area contributed by atoms with Crippen LogP contribution in [0.4, 0.5) is 4.79 Å². The number of carboxylic acids is 1. The van der Waals surface area contributed by atoms with Crippen molar-refractivity contribution in [1.29, 1.82) is 0 Å². The Labute approximate surface area is 177 Å². The second kappa shape index (κ2) is 8.88. The van der Waals surface area contributed by atoms with Crippen LogP contribution in [0.1, 0.15) is 61.2 Å². The standard InChI is InChI=1S/C24H29NO5/c1-24(2,3)30-23(29)25-19(15-16-9-11-18(12-10-16)22(27)28)13-14-20(25)21(26)17-7-5-4-6-8-17/h4-12,19-21,26H,13-15H2,1-3H3,(H,27,28)/t19-,20+,21?/m0/s1. The van der Waals surface area contributed by atoms with Gasteiger partial charge in [-0.15, -0.1) is 0 Å². The maximum absolute atomic E-state index is 13.1. The largest absolute Gasteiger partial charge is 0.478 e. The zero-order valence-corrected chi connectivity index (χ0v) is 17.6. The van der Waals surface area contributed by atoms with E-state index in [0.717, 1.165) is 17.5 Å². The van der Waals surface area contributed by atoms with Crippen molar-refractivity contribution in [1.82, 2.24) is 4.90 Å². The minimum atomic E-state index is -0.969. The predicted molar refractivity (Wildman–Crippen MR) is 113 cm³/mol. The lowest BCUT2D eigenvalue weighted by Crippen LogP contribution is -2.47. The molecule has 0 spiro atoms. The molecule has 160 valence electrons. The van der Waals surface area contributed by atoms with Gasteiger partial charge in [0.1, 0.15) is 5.60 Å². The maximum Gasteiger partial charge on any atom is 0.410 e. The van der Waals surface area contributed by atoms with Crippen LogP contribution in [0.5, 0.6) is 0 Å². The van der Waals surface area contributed by atoms with E-state index < -0.39 is 23.8 Å². The minimum Gasteiger partial charge on any atom is -0.478 e. The van der Waals surface area contributed by atoms with E-state index in [1.54, 1.807) is 29.2 Å². The molecule has 1 heterocycles. The lowest BCUT2D eigenvalue weighted by Gasteiger charge is -2.35. The van der Waals surface area contributed by atoms with Crippen molar-refractivity contribution >= 4 is 12.1 Å². The van der Waals surface area contributed by atoms with Gasteiger partial charge in [-0.05, 0) is 63.3 Å². The number of aliphatic hydroxyl groups excluding tert-OH is 1. The number of hydrogen-bond donors (Lipinski definition) is 2. The number of carbonyl (C=O) groups is 2. The van der Waals surface area contributed by atoms with E-state index in [1.807, 2.05) is 51.1 Å². The smallest absolute Gasteiger partial charge is 0.410 e. The van der Waals surface area contributed by atoms with Gasteiger partial charge in [0.25, 0.3) is 0 Å². The Hall–Kier alpha value is -2.86. The second-order valence-electron chi connectivity index (χ2n) is 8.75. The summed E-state index contributed by atoms with van der Waals surface area (Å²) in [4.78, 5) is 25.8. The molecule has 0 aliphatic carbocycles. The van der Waals surface area contributed by atoms with Crippen LogP contribution in [0.25, 0.3) is 0 Å². The molecule has 0 saturated carbocycles. The van der Waals surface area contributed by atoms with Crippen LogP contribution in [0.15, 0.2) is 54.6 Å². The third-order valence-electron chi connectivity index (χ3n) is 5.33. The Bertz CT molecular complexity index is 873. The Morgan fingerprint density at radius 3 is 2.27 bits per heavy atom. The molecule has 0 aromatic heterocycles. The Kier molecular flexibility index (Phi) is 6.46. The first-order chi connectivity index (χ1) is 14.2. The number of aromatic carboxylic acids is 1. The van der Waals surface area contributed by atoms with Crippen LogP contribution in [0.2, 0.25) is 0 Å². The summed E-state index contributed by atoms with van der Waals surface area (Å²) < 4.78 is 5.65. The van der Waals surface area contributed by atoms with Gasteiger partial charge in [-0.25, -0.2) is 9.59 Å². The van der Waals surface area contributed by atoms with E-state index in [4.69, 9.17) is 9.84 Å². The highest BCUT2D eigenvalue weighted by atomic mass is 16.6. The van der Waals surface area contributed by atoms with Crippen LogP contribution in [-0.4, -0.2) is 44.9 Å². The molecule has 1 unspecified atom stereocenters. The zero-order chi connectivity index (χ0) is 21.9. The topological polar surface area (TPSA) is 87.1 Å². The number of nitrogens with zero attached hydrogens (tertiary/aromatic N) is 1. The van der Waals surface area contributed by atoms with Crippen molar-refractivity contribution < 1.29 is 24.5 Å². The summed E-state index contributed by atoms with van der Waals surface area (Å²) in [5.41, 5.74) is 1.29. The first-order valence-corrected chi connectivity index (χ1v) is 10.2. The van der Waals surface area contributed by atoms with Gasteiger partial charge < -0.3 is 14.9 Å². The first-order valence-electron chi connectivity index (χ1n) is 10.2. The van der Waals surface area contributed by atoms with E-state index >= 15 is 0 Å². The maximum atomic E-state index is 13.1. The van der Waals surface area contributed by atoms with Crippen LogP contribution in [0.3, 0.4) is 0 Å². The summed E-state index contributed by atoms with van der Waals surface area (Å²) >= 11 is 0. The van der Waals surface area contributed by atoms with E-state index in [-0.39, 0.29) is 17.6 Å². The van der Waals surface area contributed by atoms with E-state index in [0.29, 0.717) is 12.8 Å². The third kappa shape index (κ3) is 5.19. The van der Waals surface area contributed by atoms with Gasteiger partial charge >= 0.3 is 12.1 Å². The molecule has 2 aromatic rings. The molecule has 1 amide bonds. The molecular weight excluding hydrogens is 382 g/mol. The van der Waals surface area contributed by atoms with Gasteiger partial charge in [-0.3, -0.25) is 4.90 Å². The van der Waals surface area contributed by atoms with Gasteiger partial charge in [0.15, 0.2) is 0 Å². The monoisotopic (exact) mass is 411 g/mol. The summed E-state index contributed by atoms with van der Waals surface area (Å²) in [6.45, 7) is 5.47. The SMILES string of the molecule is CC(C)(C)OC(=O)N1[C@H](Cc2ccc(C(=O)O)cc2)CC[C@@H]1C(O)c1ccccc1. The van der Waals surface area contributed by atoms with Crippen molar-refractivity contribution in [2.75, 3.05) is 0 Å². The number of rotatable bonds is 5. The fourth-order valence-corrected chi connectivity index (χ4v) is 3.95. The molecule has 2 N–H and O–H groups in total. The van der Waals surface area contributed by atoms with Crippen molar-refractivity contribution in [3.63, 3.8) is 0 Å². The summed E-state index contributed by atoms with van der Waals surface area (Å²) in [5.74, 6) is -0.969. The van der Waals surface area contributed by atoms with Crippen LogP contribution < -0.4 is 0 Å². The average Bonchev–Trinajstić information content (AvgIpc) is 3.11. The Morgan fingerprint density at radius 1 is 1.07 bits per heavy atom. The summed E-state index contributed by atoms with van der Waals surface area (Å²) in [6, 6.07) is 15.5. The lowest BCUT2D eigenvalue weighted by molar-refractivity contribution is -0.00453. The molecule has 6 heteroatoms. The quantitative estimate of drug-likeness (QED) is 0.760. The molecule has 3 rings (SSSR count). The third-order valence-corrected chi connectivity index (χ3v) is 5.33. The number of likely N-dealkylation sites (tertiary alicyclic amines) is 1. The molecule has 3 atom stereocenters. The number of hydrogen-bond acceptors (Lipinski definition) is 4. The fraction of sp³-hybridized carbons (Fsp3) is 0.417. The van der Waals surface area contributed by atoms with Crippen molar-refractivity contribution in [2.45, 2.75) is 63.8 Å². The second-order valence-corrected chi connectivity index (χ2v) is 8.75. The van der Waals surface area contributed by atoms with Gasteiger partial charge in [-0.1, -0.05) is 42.5 Å². The molecule has 1 saturated heterocycles. The van der Waals surface area contributed by atoms with E-state index in [9.17, 15) is 14.7 Å². The van der Waals surface area contributed by atoms with Gasteiger partial charge in [0.05, 0.1) is 17.7 Å². The predicted octanol–water partition coefficient (Wildman–Crippen LogP) is 4.43. The van der Waals surface area contributed by atoms with Crippen LogP contribution >= 0.6 is 0 Å². The fourth-order valence-electron chi connectivity index (χ4n) is 3.95. The molecule has 1 fully saturated rings. The van der Waals surface area contributed by atoms with Crippen LogP contribution in [0, 0.1) is 0 Å². The molecule has 30 heavy (non-hydrogen) atoms. The molecule has 2 aromatic carbocycles. The van der Waals surface area contributed by atoms with Gasteiger partial charge in [0, 0.05) is 6.04 Å². The average molecular weight is 411 g/mol. The normalized spacial score (nSPS) is 20.1. The highest BCUT2D eigenvalue weighted by Crippen LogP contribution is 2.35. The number of amides is 1. The molecule has 1 aliphatic heterocycles. The van der Waals surface area contributed by atoms with Crippen LogP contribution in [-0.2, 0) is 11.2 Å². The van der Waals surface area contributed by atoms with Crippen molar-refractivity contribution in [2.24, 2.45) is 0 Å². The van der Waals surface area contributed by atoms with Crippen molar-refractivity contribution in [3.8, 4) is 0 Å². The minimum absolute atomic E-state index is 0.140. The number of ether oxygens (including phenoxy) is 1.